The van der Waals surface area contributed by atoms with Gasteiger partial charge in [-0.25, -0.2) is 0 Å². The van der Waals surface area contributed by atoms with E-state index in [0.717, 1.165) is 11.1 Å². The lowest BCUT2D eigenvalue weighted by molar-refractivity contribution is -0.107. The number of hydrogen-bond donors (Lipinski definition) is 1. The molecular weight excluding hydrogens is 458 g/mol. The summed E-state index contributed by atoms with van der Waals surface area (Å²) in [5.41, 5.74) is 1.97. The number of aliphatic hydroxyl groups is 1. The second-order valence-corrected chi connectivity index (χ2v) is 8.21. The van der Waals surface area contributed by atoms with E-state index in [0.29, 0.717) is 36.7 Å². The number of anilines is 1. The second-order valence-electron chi connectivity index (χ2n) is 7.77. The van der Waals surface area contributed by atoms with Gasteiger partial charge in [0.15, 0.2) is 11.5 Å². The molecular formula is C24H28ClN5O4. The zero-order chi connectivity index (χ0) is 24.7. The van der Waals surface area contributed by atoms with Gasteiger partial charge in [0, 0.05) is 38.0 Å². The van der Waals surface area contributed by atoms with Crippen LogP contribution in [0.1, 0.15) is 35.0 Å². The predicted molar refractivity (Wildman–Crippen MR) is 130 cm³/mol. The summed E-state index contributed by atoms with van der Waals surface area (Å²) in [5.74, 6) is 0.307. The monoisotopic (exact) mass is 485 g/mol. The number of aromatic nitrogens is 3. The summed E-state index contributed by atoms with van der Waals surface area (Å²) in [6.07, 6.45) is 4.32. The molecule has 0 aliphatic carbocycles. The first kappa shape index (κ1) is 25.2. The molecule has 0 unspecified atom stereocenters. The fourth-order valence-electron chi connectivity index (χ4n) is 3.38. The van der Waals surface area contributed by atoms with Crippen LogP contribution in [-0.2, 0) is 11.3 Å². The second kappa shape index (κ2) is 11.6. The van der Waals surface area contributed by atoms with Crippen LogP contribution in [0.2, 0.25) is 5.02 Å². The number of pyridine rings is 1. The Morgan fingerprint density at radius 1 is 1.26 bits per heavy atom. The van der Waals surface area contributed by atoms with E-state index in [2.05, 4.69) is 9.97 Å². The van der Waals surface area contributed by atoms with Gasteiger partial charge in [-0.2, -0.15) is 4.98 Å². The van der Waals surface area contributed by atoms with Gasteiger partial charge in [0.2, 0.25) is 6.41 Å². The van der Waals surface area contributed by atoms with E-state index in [1.165, 1.54) is 9.80 Å². The van der Waals surface area contributed by atoms with Crippen molar-refractivity contribution in [2.75, 3.05) is 31.6 Å². The van der Waals surface area contributed by atoms with Gasteiger partial charge in [-0.3, -0.25) is 24.0 Å². The summed E-state index contributed by atoms with van der Waals surface area (Å²) < 4.78 is 7.71. The summed E-state index contributed by atoms with van der Waals surface area (Å²) in [7, 11) is 1.64. The van der Waals surface area contributed by atoms with E-state index in [1.54, 1.807) is 49.1 Å². The molecule has 0 bridgehead atoms. The molecule has 2 aromatic heterocycles. The minimum absolute atomic E-state index is 0.0430. The molecule has 3 rings (SSSR count). The number of amides is 2. The first-order valence-corrected chi connectivity index (χ1v) is 11.3. The normalized spacial score (nSPS) is 10.7. The van der Waals surface area contributed by atoms with Gasteiger partial charge in [-0.05, 0) is 49.6 Å². The van der Waals surface area contributed by atoms with Crippen molar-refractivity contribution in [3.8, 4) is 11.8 Å². The average molecular weight is 486 g/mol. The summed E-state index contributed by atoms with van der Waals surface area (Å²) in [6.45, 7) is 4.55. The van der Waals surface area contributed by atoms with Crippen molar-refractivity contribution >= 4 is 29.7 Å². The van der Waals surface area contributed by atoms with Gasteiger partial charge in [-0.15, -0.1) is 0 Å². The van der Waals surface area contributed by atoms with E-state index in [-0.39, 0.29) is 36.6 Å². The summed E-state index contributed by atoms with van der Waals surface area (Å²) in [5, 5.41) is 9.80. The van der Waals surface area contributed by atoms with Gasteiger partial charge in [0.25, 0.3) is 5.91 Å². The third kappa shape index (κ3) is 5.92. The van der Waals surface area contributed by atoms with Crippen LogP contribution in [0.25, 0.3) is 0 Å². The first-order chi connectivity index (χ1) is 16.4. The molecule has 9 nitrogen and oxygen atoms in total. The highest BCUT2D eigenvalue weighted by Gasteiger charge is 2.29. The molecule has 2 amide bonds. The molecule has 0 aliphatic heterocycles. The number of benzene rings is 1. The lowest BCUT2D eigenvalue weighted by Crippen LogP contribution is -2.32. The van der Waals surface area contributed by atoms with Crippen LogP contribution in [0.4, 0.5) is 5.82 Å². The lowest BCUT2D eigenvalue weighted by Gasteiger charge is -2.21. The van der Waals surface area contributed by atoms with E-state index in [9.17, 15) is 14.7 Å². The van der Waals surface area contributed by atoms with Gasteiger partial charge in [-0.1, -0.05) is 23.7 Å². The fraction of sp³-hybridized carbons (Fsp3) is 0.333. The fourth-order valence-corrected chi connectivity index (χ4v) is 3.51. The molecule has 1 N–H and O–H groups in total. The number of imidazole rings is 1. The van der Waals surface area contributed by atoms with Crippen LogP contribution in [0, 0.1) is 6.92 Å². The maximum absolute atomic E-state index is 13.5. The number of rotatable bonds is 11. The third-order valence-corrected chi connectivity index (χ3v) is 5.42. The lowest BCUT2D eigenvalue weighted by atomic mass is 10.2. The number of aliphatic hydroxyl groups excluding tert-OH is 1. The van der Waals surface area contributed by atoms with Crippen molar-refractivity contribution < 1.29 is 19.4 Å². The Hall–Kier alpha value is -3.43. The number of hydrogen-bond acceptors (Lipinski definition) is 6. The number of aryl methyl sites for hydroxylation is 1. The van der Waals surface area contributed by atoms with Gasteiger partial charge >= 0.3 is 6.01 Å². The highest BCUT2D eigenvalue weighted by molar-refractivity contribution is 6.30. The third-order valence-electron chi connectivity index (χ3n) is 5.17. The van der Waals surface area contributed by atoms with Crippen LogP contribution in [0.3, 0.4) is 0 Å². The highest BCUT2D eigenvalue weighted by atomic mass is 35.5. The van der Waals surface area contributed by atoms with Crippen LogP contribution in [-0.4, -0.2) is 63.6 Å². The summed E-state index contributed by atoms with van der Waals surface area (Å²) >= 11 is 6.05. The zero-order valence-corrected chi connectivity index (χ0v) is 20.2. The molecule has 0 saturated heterocycles. The molecule has 0 saturated carbocycles. The van der Waals surface area contributed by atoms with Crippen LogP contribution >= 0.6 is 11.6 Å². The Bertz CT molecular complexity index is 1130. The van der Waals surface area contributed by atoms with E-state index in [1.807, 2.05) is 19.1 Å². The molecule has 3 aromatic rings. The molecule has 2 heterocycles. The Kier molecular flexibility index (Phi) is 8.61. The number of halogens is 1. The molecule has 34 heavy (non-hydrogen) atoms. The van der Waals surface area contributed by atoms with Crippen molar-refractivity contribution in [2.24, 2.45) is 0 Å². The standard InChI is InChI=1S/C24H28ClN5O4/c1-4-29(16-32)22-21(23(33)28(3)10-5-11-31)30(15-18-6-8-19(25)9-7-18)24(27-22)34-20-12-17(2)13-26-14-20/h6-9,12-14,16,31H,4-5,10-11,15H2,1-3H3. The smallest absolute Gasteiger partial charge is 0.304 e. The molecule has 1 aromatic carbocycles. The highest BCUT2D eigenvalue weighted by Crippen LogP contribution is 2.31. The average Bonchev–Trinajstić information content (AvgIpc) is 3.16. The zero-order valence-electron chi connectivity index (χ0n) is 19.4. The quantitative estimate of drug-likeness (QED) is 0.417. The molecule has 10 heteroatoms. The van der Waals surface area contributed by atoms with Crippen LogP contribution in [0.15, 0.2) is 42.7 Å². The maximum atomic E-state index is 13.5. The number of carbonyl (C=O) groups excluding carboxylic acids is 2. The molecule has 0 fully saturated rings. The topological polar surface area (TPSA) is 101 Å². The predicted octanol–water partition coefficient (Wildman–Crippen LogP) is 3.52. The van der Waals surface area contributed by atoms with Crippen LogP contribution in [0.5, 0.6) is 11.8 Å². The van der Waals surface area contributed by atoms with E-state index in [4.69, 9.17) is 16.3 Å². The van der Waals surface area contributed by atoms with Crippen molar-refractivity contribution in [1.82, 2.24) is 19.4 Å². The Morgan fingerprint density at radius 3 is 2.62 bits per heavy atom. The molecule has 0 spiro atoms. The summed E-state index contributed by atoms with van der Waals surface area (Å²) in [6, 6.07) is 9.18. The summed E-state index contributed by atoms with van der Waals surface area (Å²) in [4.78, 5) is 36.9. The SMILES string of the molecule is CCN(C=O)c1nc(Oc2cncc(C)c2)n(Cc2ccc(Cl)cc2)c1C(=O)N(C)CCCO. The maximum Gasteiger partial charge on any atom is 0.304 e. The van der Waals surface area contributed by atoms with Crippen LogP contribution < -0.4 is 9.64 Å². The van der Waals surface area contributed by atoms with E-state index < -0.39 is 0 Å². The number of ether oxygens (including phenoxy) is 1. The van der Waals surface area contributed by atoms with Crippen molar-refractivity contribution in [1.29, 1.82) is 0 Å². The number of carbonyl (C=O) groups is 2. The molecule has 180 valence electrons. The molecule has 0 radical (unpaired) electrons. The molecule has 0 aliphatic rings. The Morgan fingerprint density at radius 2 is 2.00 bits per heavy atom. The van der Waals surface area contributed by atoms with E-state index >= 15 is 0 Å². The van der Waals surface area contributed by atoms with Gasteiger partial charge in [0.05, 0.1) is 12.7 Å². The van der Waals surface area contributed by atoms with Crippen molar-refractivity contribution in [3.05, 3.63) is 64.6 Å². The minimum atomic E-state index is -0.345. The number of nitrogens with zero attached hydrogens (tertiary/aromatic N) is 5. The Balaban J connectivity index is 2.16. The van der Waals surface area contributed by atoms with Crippen molar-refractivity contribution in [3.63, 3.8) is 0 Å². The van der Waals surface area contributed by atoms with Gasteiger partial charge in [0.1, 0.15) is 5.75 Å². The first-order valence-electron chi connectivity index (χ1n) is 10.9. The largest absolute Gasteiger partial charge is 0.424 e. The Labute approximate surface area is 203 Å². The van der Waals surface area contributed by atoms with Crippen molar-refractivity contribution in [2.45, 2.75) is 26.8 Å². The van der Waals surface area contributed by atoms with Gasteiger partial charge < -0.3 is 14.7 Å². The minimum Gasteiger partial charge on any atom is -0.424 e. The molecule has 0 atom stereocenters.